The third-order valence-electron chi connectivity index (χ3n) is 3.94. The van der Waals surface area contributed by atoms with Crippen LogP contribution in [0.5, 0.6) is 0 Å². The monoisotopic (exact) mass is 305 g/mol. The van der Waals surface area contributed by atoms with Crippen LogP contribution in [0, 0.1) is 0 Å². The lowest BCUT2D eigenvalue weighted by Crippen LogP contribution is -2.46. The molecule has 114 valence electrons. The van der Waals surface area contributed by atoms with Crippen molar-refractivity contribution in [1.29, 1.82) is 0 Å². The molecular weight excluding hydrogens is 282 g/mol. The van der Waals surface area contributed by atoms with Crippen LogP contribution >= 0.6 is 11.3 Å². The van der Waals surface area contributed by atoms with Crippen molar-refractivity contribution in [2.24, 2.45) is 7.05 Å². The lowest BCUT2D eigenvalue weighted by atomic mass is 10.1. The van der Waals surface area contributed by atoms with E-state index < -0.39 is 0 Å². The third-order valence-corrected chi connectivity index (χ3v) is 5.13. The van der Waals surface area contributed by atoms with Crippen LogP contribution in [0.15, 0.2) is 17.8 Å². The average molecular weight is 305 g/mol. The molecule has 1 atom stereocenters. The molecule has 21 heavy (non-hydrogen) atoms. The normalized spacial score (nSPS) is 20.3. The van der Waals surface area contributed by atoms with E-state index in [0.29, 0.717) is 12.0 Å². The summed E-state index contributed by atoms with van der Waals surface area (Å²) >= 11 is 1.77. The van der Waals surface area contributed by atoms with E-state index in [-0.39, 0.29) is 0 Å². The molecular formula is C15H23N5S. The fourth-order valence-electron chi connectivity index (χ4n) is 2.76. The Labute approximate surface area is 130 Å². The van der Waals surface area contributed by atoms with Gasteiger partial charge >= 0.3 is 0 Å². The Hall–Kier alpha value is -1.24. The predicted octanol–water partition coefficient (Wildman–Crippen LogP) is 2.15. The topological polar surface area (TPSA) is 46.0 Å². The van der Waals surface area contributed by atoms with Crippen molar-refractivity contribution >= 4 is 11.3 Å². The Bertz CT molecular complexity index is 588. The van der Waals surface area contributed by atoms with Crippen LogP contribution in [0.2, 0.25) is 0 Å². The molecule has 0 aromatic carbocycles. The van der Waals surface area contributed by atoms with Gasteiger partial charge in [-0.15, -0.1) is 11.3 Å². The second-order valence-electron chi connectivity index (χ2n) is 5.92. The molecule has 3 heterocycles. The first-order valence-corrected chi connectivity index (χ1v) is 8.39. The Morgan fingerprint density at radius 3 is 3.00 bits per heavy atom. The van der Waals surface area contributed by atoms with Crippen LogP contribution in [-0.4, -0.2) is 39.1 Å². The number of thiazole rings is 1. The minimum atomic E-state index is 0.322. The molecule has 1 aliphatic heterocycles. The summed E-state index contributed by atoms with van der Waals surface area (Å²) in [6, 6.07) is 0.322. The number of nitrogens with zero attached hydrogens (tertiary/aromatic N) is 4. The van der Waals surface area contributed by atoms with E-state index in [1.807, 2.05) is 12.4 Å². The molecule has 1 aliphatic rings. The second-order valence-corrected chi connectivity index (χ2v) is 6.81. The van der Waals surface area contributed by atoms with Crippen molar-refractivity contribution in [2.45, 2.75) is 32.4 Å². The lowest BCUT2D eigenvalue weighted by Gasteiger charge is -2.35. The van der Waals surface area contributed by atoms with Gasteiger partial charge in [-0.2, -0.15) is 0 Å². The van der Waals surface area contributed by atoms with Crippen molar-refractivity contribution in [2.75, 3.05) is 19.6 Å². The maximum absolute atomic E-state index is 4.77. The summed E-state index contributed by atoms with van der Waals surface area (Å²) in [6.07, 6.45) is 3.89. The SMILES string of the molecule is CC(C)c1nc(CN2CCNCC2c2nccn2C)cs1. The largest absolute Gasteiger partial charge is 0.337 e. The van der Waals surface area contributed by atoms with Crippen LogP contribution in [-0.2, 0) is 13.6 Å². The minimum Gasteiger partial charge on any atom is -0.337 e. The molecule has 0 amide bonds. The number of rotatable bonds is 4. The molecule has 1 saturated heterocycles. The van der Waals surface area contributed by atoms with Crippen LogP contribution in [0.25, 0.3) is 0 Å². The van der Waals surface area contributed by atoms with Crippen molar-refractivity contribution in [3.63, 3.8) is 0 Å². The number of nitrogens with one attached hydrogen (secondary N) is 1. The van der Waals surface area contributed by atoms with Gasteiger partial charge in [0, 0.05) is 56.9 Å². The van der Waals surface area contributed by atoms with E-state index in [4.69, 9.17) is 4.98 Å². The van der Waals surface area contributed by atoms with Crippen molar-refractivity contribution in [3.05, 3.63) is 34.3 Å². The van der Waals surface area contributed by atoms with E-state index in [2.05, 4.69) is 46.0 Å². The van der Waals surface area contributed by atoms with Crippen LogP contribution < -0.4 is 5.32 Å². The quantitative estimate of drug-likeness (QED) is 0.940. The summed E-state index contributed by atoms with van der Waals surface area (Å²) in [4.78, 5) is 11.8. The highest BCUT2D eigenvalue weighted by atomic mass is 32.1. The Kier molecular flexibility index (Phi) is 4.37. The number of piperazine rings is 1. The second kappa shape index (κ2) is 6.25. The Balaban J connectivity index is 1.76. The van der Waals surface area contributed by atoms with Crippen molar-refractivity contribution in [1.82, 2.24) is 24.8 Å². The highest BCUT2D eigenvalue weighted by molar-refractivity contribution is 7.09. The molecule has 6 heteroatoms. The van der Waals surface area contributed by atoms with E-state index >= 15 is 0 Å². The van der Waals surface area contributed by atoms with Crippen molar-refractivity contribution < 1.29 is 0 Å². The first-order valence-electron chi connectivity index (χ1n) is 7.51. The van der Waals surface area contributed by atoms with Gasteiger partial charge in [-0.1, -0.05) is 13.8 Å². The van der Waals surface area contributed by atoms with Crippen LogP contribution in [0.4, 0.5) is 0 Å². The molecule has 2 aromatic rings. The summed E-state index contributed by atoms with van der Waals surface area (Å²) in [7, 11) is 2.06. The smallest absolute Gasteiger partial charge is 0.127 e. The zero-order valence-corrected chi connectivity index (χ0v) is 13.7. The van der Waals surface area contributed by atoms with E-state index in [1.54, 1.807) is 11.3 Å². The highest BCUT2D eigenvalue weighted by Gasteiger charge is 2.27. The van der Waals surface area contributed by atoms with Gasteiger partial charge in [-0.05, 0) is 0 Å². The van der Waals surface area contributed by atoms with Gasteiger partial charge < -0.3 is 9.88 Å². The standard InChI is InChI=1S/C15H23N5S/c1-11(2)15-18-12(10-21-15)9-20-7-4-16-8-13(20)14-17-5-6-19(14)3/h5-6,10-11,13,16H,4,7-9H2,1-3H3. The minimum absolute atomic E-state index is 0.322. The number of imidazole rings is 1. The number of hydrogen-bond donors (Lipinski definition) is 1. The average Bonchev–Trinajstić information content (AvgIpc) is 3.09. The summed E-state index contributed by atoms with van der Waals surface area (Å²) in [5.74, 6) is 1.64. The lowest BCUT2D eigenvalue weighted by molar-refractivity contribution is 0.143. The molecule has 0 spiro atoms. The fourth-order valence-corrected chi connectivity index (χ4v) is 3.58. The zero-order valence-electron chi connectivity index (χ0n) is 12.9. The van der Waals surface area contributed by atoms with E-state index in [0.717, 1.165) is 32.0 Å². The first kappa shape index (κ1) is 14.7. The predicted molar refractivity (Wildman–Crippen MR) is 85.4 cm³/mol. The van der Waals surface area contributed by atoms with E-state index in [1.165, 1.54) is 10.7 Å². The molecule has 0 radical (unpaired) electrons. The highest BCUT2D eigenvalue weighted by Crippen LogP contribution is 2.25. The van der Waals surface area contributed by atoms with Gasteiger partial charge in [-0.25, -0.2) is 9.97 Å². The van der Waals surface area contributed by atoms with E-state index in [9.17, 15) is 0 Å². The molecule has 1 fully saturated rings. The van der Waals surface area contributed by atoms with Crippen molar-refractivity contribution in [3.8, 4) is 0 Å². The number of hydrogen-bond acceptors (Lipinski definition) is 5. The summed E-state index contributed by atoms with van der Waals surface area (Å²) in [5.41, 5.74) is 1.19. The molecule has 3 rings (SSSR count). The third kappa shape index (κ3) is 3.17. The summed E-state index contributed by atoms with van der Waals surface area (Å²) in [5, 5.41) is 6.91. The molecule has 2 aromatic heterocycles. The van der Waals surface area contributed by atoms with Gasteiger partial charge in [0.2, 0.25) is 0 Å². The zero-order chi connectivity index (χ0) is 14.8. The maximum Gasteiger partial charge on any atom is 0.127 e. The van der Waals surface area contributed by atoms with Gasteiger partial charge in [0.1, 0.15) is 5.82 Å². The molecule has 1 unspecified atom stereocenters. The molecule has 0 bridgehead atoms. The van der Waals surface area contributed by atoms with Gasteiger partial charge in [0.15, 0.2) is 0 Å². The molecule has 0 aliphatic carbocycles. The fraction of sp³-hybridized carbons (Fsp3) is 0.600. The van der Waals surface area contributed by atoms with Crippen LogP contribution in [0.1, 0.15) is 42.3 Å². The number of aryl methyl sites for hydroxylation is 1. The molecule has 0 saturated carbocycles. The van der Waals surface area contributed by atoms with Crippen LogP contribution in [0.3, 0.4) is 0 Å². The van der Waals surface area contributed by atoms with Gasteiger partial charge in [0.05, 0.1) is 16.7 Å². The van der Waals surface area contributed by atoms with Gasteiger partial charge in [0.25, 0.3) is 0 Å². The Morgan fingerprint density at radius 1 is 1.48 bits per heavy atom. The first-order chi connectivity index (χ1) is 10.1. The summed E-state index contributed by atoms with van der Waals surface area (Å²) in [6.45, 7) is 8.32. The Morgan fingerprint density at radius 2 is 2.33 bits per heavy atom. The maximum atomic E-state index is 4.77. The molecule has 1 N–H and O–H groups in total. The summed E-state index contributed by atoms with van der Waals surface area (Å²) < 4.78 is 2.12. The molecule has 5 nitrogen and oxygen atoms in total. The number of aromatic nitrogens is 3. The van der Waals surface area contributed by atoms with Gasteiger partial charge in [-0.3, -0.25) is 4.90 Å².